The number of carbonyl (C=O) groups excluding carboxylic acids is 1. The number of carboxylic acid groups (broad SMARTS) is 1. The molecule has 6 heteroatoms. The highest BCUT2D eigenvalue weighted by Gasteiger charge is 2.11. The number of aromatic carboxylic acids is 1. The molecule has 2 aromatic rings. The van der Waals surface area contributed by atoms with Gasteiger partial charge in [0, 0.05) is 26.1 Å². The van der Waals surface area contributed by atoms with Gasteiger partial charge in [-0.25, -0.2) is 9.78 Å². The highest BCUT2D eigenvalue weighted by atomic mass is 16.4. The van der Waals surface area contributed by atoms with Gasteiger partial charge in [0.05, 0.1) is 22.9 Å². The van der Waals surface area contributed by atoms with Gasteiger partial charge in [-0.05, 0) is 32.0 Å². The Kier molecular flexibility index (Phi) is 4.57. The summed E-state index contributed by atoms with van der Waals surface area (Å²) in [6.07, 6.45) is 2.06. The number of benzene rings is 1. The largest absolute Gasteiger partial charge is 0.478 e. The number of imidazole rings is 1. The van der Waals surface area contributed by atoms with Crippen molar-refractivity contribution >= 4 is 22.9 Å². The number of aryl methyl sites for hydroxylation is 1. The summed E-state index contributed by atoms with van der Waals surface area (Å²) in [5.74, 6) is -0.854. The monoisotopic (exact) mass is 289 g/mol. The third kappa shape index (κ3) is 3.21. The number of carboxylic acids is 1. The van der Waals surface area contributed by atoms with Gasteiger partial charge in [-0.1, -0.05) is 0 Å². The Morgan fingerprint density at radius 3 is 2.62 bits per heavy atom. The SMILES string of the molecule is CCN(CC)C(=O)CCn1cnc2cc(C(=O)O)ccc21. The summed E-state index contributed by atoms with van der Waals surface area (Å²) in [7, 11) is 0. The molecule has 0 atom stereocenters. The molecule has 0 spiro atoms. The predicted octanol–water partition coefficient (Wildman–Crippen LogP) is 1.99. The molecule has 1 aromatic heterocycles. The highest BCUT2D eigenvalue weighted by molar-refractivity contribution is 5.92. The second-order valence-corrected chi connectivity index (χ2v) is 4.76. The van der Waals surface area contributed by atoms with Crippen molar-refractivity contribution in [2.75, 3.05) is 13.1 Å². The molecule has 0 radical (unpaired) electrons. The van der Waals surface area contributed by atoms with Gasteiger partial charge in [-0.2, -0.15) is 0 Å². The third-order valence-electron chi connectivity index (χ3n) is 3.55. The average molecular weight is 289 g/mol. The first kappa shape index (κ1) is 15.0. The van der Waals surface area contributed by atoms with Crippen molar-refractivity contribution in [1.82, 2.24) is 14.5 Å². The Morgan fingerprint density at radius 1 is 1.29 bits per heavy atom. The van der Waals surface area contributed by atoms with Gasteiger partial charge in [0.2, 0.25) is 5.91 Å². The lowest BCUT2D eigenvalue weighted by molar-refractivity contribution is -0.131. The van der Waals surface area contributed by atoms with Crippen molar-refractivity contribution in [2.45, 2.75) is 26.8 Å². The van der Waals surface area contributed by atoms with Crippen LogP contribution in [0.3, 0.4) is 0 Å². The van der Waals surface area contributed by atoms with E-state index in [9.17, 15) is 9.59 Å². The van der Waals surface area contributed by atoms with Crippen LogP contribution in [-0.4, -0.2) is 44.5 Å². The van der Waals surface area contributed by atoms with Crippen LogP contribution in [-0.2, 0) is 11.3 Å². The number of carbonyl (C=O) groups is 2. The van der Waals surface area contributed by atoms with E-state index in [-0.39, 0.29) is 11.5 Å². The molecule has 2 rings (SSSR count). The van der Waals surface area contributed by atoms with E-state index in [0.29, 0.717) is 31.6 Å². The van der Waals surface area contributed by atoms with Crippen LogP contribution in [0.15, 0.2) is 24.5 Å². The first-order valence-electron chi connectivity index (χ1n) is 7.02. The first-order chi connectivity index (χ1) is 10.1. The van der Waals surface area contributed by atoms with Gasteiger partial charge in [-0.15, -0.1) is 0 Å². The van der Waals surface area contributed by atoms with Crippen molar-refractivity contribution in [3.63, 3.8) is 0 Å². The standard InChI is InChI=1S/C15H19N3O3/c1-3-17(4-2)14(19)7-8-18-10-16-12-9-11(15(20)21)5-6-13(12)18/h5-6,9-10H,3-4,7-8H2,1-2H3,(H,20,21). The molecule has 1 heterocycles. The highest BCUT2D eigenvalue weighted by Crippen LogP contribution is 2.15. The molecule has 1 aromatic carbocycles. The molecule has 1 N–H and O–H groups in total. The van der Waals surface area contributed by atoms with Gasteiger partial charge >= 0.3 is 5.97 Å². The maximum absolute atomic E-state index is 12.0. The van der Waals surface area contributed by atoms with Crippen LogP contribution >= 0.6 is 0 Å². The molecule has 0 aliphatic heterocycles. The van der Waals surface area contributed by atoms with E-state index in [2.05, 4.69) is 4.98 Å². The van der Waals surface area contributed by atoms with Crippen LogP contribution in [0, 0.1) is 0 Å². The Hall–Kier alpha value is -2.37. The number of fused-ring (bicyclic) bond motifs is 1. The zero-order valence-electron chi connectivity index (χ0n) is 12.2. The van der Waals surface area contributed by atoms with Crippen LogP contribution < -0.4 is 0 Å². The molecular formula is C15H19N3O3. The fourth-order valence-electron chi connectivity index (χ4n) is 2.33. The molecule has 0 unspecified atom stereocenters. The zero-order chi connectivity index (χ0) is 15.4. The second kappa shape index (κ2) is 6.39. The summed E-state index contributed by atoms with van der Waals surface area (Å²) in [6, 6.07) is 4.82. The quantitative estimate of drug-likeness (QED) is 0.882. The number of rotatable bonds is 6. The fourth-order valence-corrected chi connectivity index (χ4v) is 2.33. The van der Waals surface area contributed by atoms with Crippen LogP contribution in [0.2, 0.25) is 0 Å². The molecule has 6 nitrogen and oxygen atoms in total. The van der Waals surface area contributed by atoms with Crippen molar-refractivity contribution in [2.24, 2.45) is 0 Å². The van der Waals surface area contributed by atoms with Crippen molar-refractivity contribution in [3.05, 3.63) is 30.1 Å². The summed E-state index contributed by atoms with van der Waals surface area (Å²) in [4.78, 5) is 28.9. The summed E-state index contributed by atoms with van der Waals surface area (Å²) in [5.41, 5.74) is 1.68. The third-order valence-corrected chi connectivity index (χ3v) is 3.55. The van der Waals surface area contributed by atoms with Crippen molar-refractivity contribution < 1.29 is 14.7 Å². The maximum atomic E-state index is 12.0. The number of aromatic nitrogens is 2. The van der Waals surface area contributed by atoms with Crippen LogP contribution in [0.4, 0.5) is 0 Å². The summed E-state index contributed by atoms with van der Waals surface area (Å²) in [5, 5.41) is 8.96. The second-order valence-electron chi connectivity index (χ2n) is 4.76. The molecule has 0 saturated carbocycles. The van der Waals surface area contributed by atoms with E-state index in [1.54, 1.807) is 29.4 Å². The van der Waals surface area contributed by atoms with E-state index >= 15 is 0 Å². The smallest absolute Gasteiger partial charge is 0.335 e. The lowest BCUT2D eigenvalue weighted by atomic mass is 10.2. The van der Waals surface area contributed by atoms with Gasteiger partial charge in [0.15, 0.2) is 0 Å². The number of amides is 1. The zero-order valence-corrected chi connectivity index (χ0v) is 12.2. The van der Waals surface area contributed by atoms with Crippen LogP contribution in [0.25, 0.3) is 11.0 Å². The summed E-state index contributed by atoms with van der Waals surface area (Å²) >= 11 is 0. The lowest BCUT2D eigenvalue weighted by Crippen LogP contribution is -2.31. The first-order valence-corrected chi connectivity index (χ1v) is 7.02. The molecule has 0 bridgehead atoms. The van der Waals surface area contributed by atoms with Gasteiger partial charge in [0.1, 0.15) is 0 Å². The molecule has 21 heavy (non-hydrogen) atoms. The summed E-state index contributed by atoms with van der Waals surface area (Å²) in [6.45, 7) is 5.88. The molecule has 1 amide bonds. The van der Waals surface area contributed by atoms with E-state index in [1.165, 1.54) is 0 Å². The predicted molar refractivity (Wildman–Crippen MR) is 79.2 cm³/mol. The molecular weight excluding hydrogens is 270 g/mol. The Balaban J connectivity index is 2.13. The van der Waals surface area contributed by atoms with E-state index in [1.807, 2.05) is 18.4 Å². The van der Waals surface area contributed by atoms with E-state index < -0.39 is 5.97 Å². The van der Waals surface area contributed by atoms with Crippen molar-refractivity contribution in [1.29, 1.82) is 0 Å². The number of hydrogen-bond donors (Lipinski definition) is 1. The minimum Gasteiger partial charge on any atom is -0.478 e. The molecule has 0 aliphatic carbocycles. The van der Waals surface area contributed by atoms with Gasteiger partial charge in [-0.3, -0.25) is 4.79 Å². The minimum atomic E-state index is -0.969. The van der Waals surface area contributed by atoms with E-state index in [0.717, 1.165) is 5.52 Å². The lowest BCUT2D eigenvalue weighted by Gasteiger charge is -2.18. The Bertz CT molecular complexity index is 659. The maximum Gasteiger partial charge on any atom is 0.335 e. The molecule has 0 fully saturated rings. The van der Waals surface area contributed by atoms with Crippen LogP contribution in [0.5, 0.6) is 0 Å². The van der Waals surface area contributed by atoms with Gasteiger partial charge < -0.3 is 14.6 Å². The topological polar surface area (TPSA) is 75.4 Å². The summed E-state index contributed by atoms with van der Waals surface area (Å²) < 4.78 is 1.88. The molecule has 112 valence electrons. The van der Waals surface area contributed by atoms with Crippen molar-refractivity contribution in [3.8, 4) is 0 Å². The van der Waals surface area contributed by atoms with Gasteiger partial charge in [0.25, 0.3) is 0 Å². The number of nitrogens with zero attached hydrogens (tertiary/aromatic N) is 3. The average Bonchev–Trinajstić information content (AvgIpc) is 2.88. The molecule has 0 saturated heterocycles. The number of hydrogen-bond acceptors (Lipinski definition) is 3. The van der Waals surface area contributed by atoms with E-state index in [4.69, 9.17) is 5.11 Å². The minimum absolute atomic E-state index is 0.115. The molecule has 0 aliphatic rings. The Morgan fingerprint density at radius 2 is 2.00 bits per heavy atom. The fraction of sp³-hybridized carbons (Fsp3) is 0.400. The normalized spacial score (nSPS) is 10.8. The Labute approximate surface area is 123 Å². The van der Waals surface area contributed by atoms with Crippen LogP contribution in [0.1, 0.15) is 30.6 Å².